The average molecular weight is 376 g/mol. The van der Waals surface area contributed by atoms with Crippen LogP contribution in [0.3, 0.4) is 0 Å². The molecule has 0 saturated heterocycles. The number of anilines is 1. The van der Waals surface area contributed by atoms with Crippen molar-refractivity contribution in [2.75, 3.05) is 11.9 Å². The van der Waals surface area contributed by atoms with Gasteiger partial charge in [0.25, 0.3) is 5.91 Å². The number of nitrogens with one attached hydrogen (secondary N) is 2. The molecule has 27 heavy (non-hydrogen) atoms. The predicted molar refractivity (Wildman–Crippen MR) is 102 cm³/mol. The number of ether oxygens (including phenoxy) is 2. The van der Waals surface area contributed by atoms with Gasteiger partial charge in [0, 0.05) is 11.7 Å². The molecule has 3 unspecified atom stereocenters. The van der Waals surface area contributed by atoms with Crippen LogP contribution in [0.2, 0.25) is 0 Å². The Labute approximate surface area is 159 Å². The molecule has 2 N–H and O–H groups in total. The molecule has 1 aromatic carbocycles. The van der Waals surface area contributed by atoms with Crippen molar-refractivity contribution in [3.05, 3.63) is 29.8 Å². The van der Waals surface area contributed by atoms with E-state index in [0.717, 1.165) is 19.3 Å². The van der Waals surface area contributed by atoms with E-state index >= 15 is 0 Å². The standard InChI is InChI=1S/C20H28N2O5/c1-4-26-20(25)21-16-10-7-9-15(12-16)19(24)27-14(3)18(23)22-17-11-6-5-8-13(17)2/h7,9-10,12-14,17H,4-6,8,11H2,1-3H3,(H,21,25)(H,22,23). The first-order chi connectivity index (χ1) is 12.9. The van der Waals surface area contributed by atoms with E-state index in [0.29, 0.717) is 11.6 Å². The Morgan fingerprint density at radius 2 is 1.96 bits per heavy atom. The summed E-state index contributed by atoms with van der Waals surface area (Å²) >= 11 is 0. The van der Waals surface area contributed by atoms with Crippen molar-refractivity contribution in [2.24, 2.45) is 5.92 Å². The SMILES string of the molecule is CCOC(=O)Nc1cccc(C(=O)OC(C)C(=O)NC2CCCCC2C)c1. The maximum absolute atomic E-state index is 12.3. The van der Waals surface area contributed by atoms with Crippen LogP contribution in [0.5, 0.6) is 0 Å². The van der Waals surface area contributed by atoms with Gasteiger partial charge in [0.15, 0.2) is 6.10 Å². The van der Waals surface area contributed by atoms with Crippen molar-refractivity contribution in [1.82, 2.24) is 5.32 Å². The van der Waals surface area contributed by atoms with Crippen molar-refractivity contribution >= 4 is 23.7 Å². The molecule has 2 amide bonds. The molecule has 0 heterocycles. The van der Waals surface area contributed by atoms with Gasteiger partial charge < -0.3 is 14.8 Å². The number of amides is 2. The van der Waals surface area contributed by atoms with Gasteiger partial charge >= 0.3 is 12.1 Å². The third-order valence-corrected chi connectivity index (χ3v) is 4.71. The highest BCUT2D eigenvalue weighted by Crippen LogP contribution is 2.23. The molecular formula is C20H28N2O5. The Bertz CT molecular complexity index is 676. The molecule has 0 aromatic heterocycles. The minimum Gasteiger partial charge on any atom is -0.450 e. The Balaban J connectivity index is 1.91. The maximum atomic E-state index is 12.3. The molecule has 1 fully saturated rings. The lowest BCUT2D eigenvalue weighted by Gasteiger charge is -2.30. The first-order valence-corrected chi connectivity index (χ1v) is 9.46. The van der Waals surface area contributed by atoms with Crippen LogP contribution in [0, 0.1) is 5.92 Å². The average Bonchev–Trinajstić information content (AvgIpc) is 2.63. The molecule has 1 aromatic rings. The van der Waals surface area contributed by atoms with Crippen molar-refractivity contribution in [1.29, 1.82) is 0 Å². The molecule has 2 rings (SSSR count). The van der Waals surface area contributed by atoms with Crippen LogP contribution in [-0.2, 0) is 14.3 Å². The number of benzene rings is 1. The van der Waals surface area contributed by atoms with Crippen LogP contribution in [0.15, 0.2) is 24.3 Å². The summed E-state index contributed by atoms with van der Waals surface area (Å²) in [4.78, 5) is 36.2. The summed E-state index contributed by atoms with van der Waals surface area (Å²) in [5, 5.41) is 5.51. The first-order valence-electron chi connectivity index (χ1n) is 9.46. The molecule has 3 atom stereocenters. The molecule has 0 radical (unpaired) electrons. The molecule has 0 bridgehead atoms. The Morgan fingerprint density at radius 1 is 1.22 bits per heavy atom. The zero-order valence-corrected chi connectivity index (χ0v) is 16.1. The third-order valence-electron chi connectivity index (χ3n) is 4.71. The van der Waals surface area contributed by atoms with Crippen molar-refractivity contribution in [2.45, 2.75) is 58.6 Å². The van der Waals surface area contributed by atoms with Crippen LogP contribution in [0.4, 0.5) is 10.5 Å². The quantitative estimate of drug-likeness (QED) is 0.741. The van der Waals surface area contributed by atoms with Gasteiger partial charge in [-0.2, -0.15) is 0 Å². The summed E-state index contributed by atoms with van der Waals surface area (Å²) < 4.78 is 10.1. The van der Waals surface area contributed by atoms with E-state index in [9.17, 15) is 14.4 Å². The van der Waals surface area contributed by atoms with Crippen molar-refractivity contribution in [3.63, 3.8) is 0 Å². The van der Waals surface area contributed by atoms with E-state index in [1.807, 2.05) is 0 Å². The van der Waals surface area contributed by atoms with Gasteiger partial charge in [-0.05, 0) is 50.8 Å². The number of esters is 1. The number of carbonyl (C=O) groups is 3. The highest BCUT2D eigenvalue weighted by molar-refractivity contribution is 5.94. The van der Waals surface area contributed by atoms with Gasteiger partial charge in [0.05, 0.1) is 12.2 Å². The summed E-state index contributed by atoms with van der Waals surface area (Å²) in [7, 11) is 0. The summed E-state index contributed by atoms with van der Waals surface area (Å²) in [6.45, 7) is 5.64. The van der Waals surface area contributed by atoms with Crippen molar-refractivity contribution < 1.29 is 23.9 Å². The third kappa shape index (κ3) is 6.27. The second-order valence-corrected chi connectivity index (χ2v) is 6.85. The minimum absolute atomic E-state index is 0.129. The molecule has 7 nitrogen and oxygen atoms in total. The topological polar surface area (TPSA) is 93.7 Å². The van der Waals surface area contributed by atoms with Gasteiger partial charge in [0.2, 0.25) is 0 Å². The highest BCUT2D eigenvalue weighted by atomic mass is 16.6. The van der Waals surface area contributed by atoms with Crippen LogP contribution in [0.1, 0.15) is 56.8 Å². The summed E-state index contributed by atoms with van der Waals surface area (Å²) in [5.74, 6) is -0.485. The van der Waals surface area contributed by atoms with Gasteiger partial charge in [-0.3, -0.25) is 10.1 Å². The number of hydrogen-bond donors (Lipinski definition) is 2. The van der Waals surface area contributed by atoms with E-state index in [2.05, 4.69) is 17.6 Å². The van der Waals surface area contributed by atoms with Crippen LogP contribution < -0.4 is 10.6 Å². The summed E-state index contributed by atoms with van der Waals surface area (Å²) in [6, 6.07) is 6.42. The maximum Gasteiger partial charge on any atom is 0.411 e. The zero-order valence-electron chi connectivity index (χ0n) is 16.1. The van der Waals surface area contributed by atoms with Gasteiger partial charge in [0.1, 0.15) is 0 Å². The monoisotopic (exact) mass is 376 g/mol. The molecular weight excluding hydrogens is 348 g/mol. The van der Waals surface area contributed by atoms with Crippen LogP contribution >= 0.6 is 0 Å². The molecule has 7 heteroatoms. The molecule has 1 aliphatic rings. The second-order valence-electron chi connectivity index (χ2n) is 6.85. The number of hydrogen-bond acceptors (Lipinski definition) is 5. The Hall–Kier alpha value is -2.57. The minimum atomic E-state index is -0.895. The number of carbonyl (C=O) groups excluding carboxylic acids is 3. The van der Waals surface area contributed by atoms with Gasteiger partial charge in [-0.15, -0.1) is 0 Å². The lowest BCUT2D eigenvalue weighted by molar-refractivity contribution is -0.130. The van der Waals surface area contributed by atoms with Gasteiger partial charge in [-0.1, -0.05) is 25.8 Å². The molecule has 1 aliphatic carbocycles. The summed E-state index contributed by atoms with van der Waals surface area (Å²) in [6.07, 6.45) is 2.85. The van der Waals surface area contributed by atoms with E-state index in [1.165, 1.54) is 12.5 Å². The van der Waals surface area contributed by atoms with Gasteiger partial charge in [-0.25, -0.2) is 9.59 Å². The largest absolute Gasteiger partial charge is 0.450 e. The van der Waals surface area contributed by atoms with Crippen LogP contribution in [0.25, 0.3) is 0 Å². The Kier molecular flexibility index (Phi) is 7.64. The molecule has 148 valence electrons. The summed E-state index contributed by atoms with van der Waals surface area (Å²) in [5.41, 5.74) is 0.658. The number of rotatable bonds is 6. The highest BCUT2D eigenvalue weighted by Gasteiger charge is 2.26. The van der Waals surface area contributed by atoms with E-state index < -0.39 is 18.2 Å². The molecule has 1 saturated carbocycles. The lowest BCUT2D eigenvalue weighted by atomic mass is 9.86. The predicted octanol–water partition coefficient (Wildman–Crippen LogP) is 3.50. The normalized spacial score (nSPS) is 20.3. The van der Waals surface area contributed by atoms with E-state index in [-0.39, 0.29) is 24.1 Å². The smallest absolute Gasteiger partial charge is 0.411 e. The van der Waals surface area contributed by atoms with Crippen molar-refractivity contribution in [3.8, 4) is 0 Å². The van der Waals surface area contributed by atoms with Crippen LogP contribution in [-0.4, -0.2) is 36.7 Å². The lowest BCUT2D eigenvalue weighted by Crippen LogP contribution is -2.45. The fraction of sp³-hybridized carbons (Fsp3) is 0.550. The van der Waals surface area contributed by atoms with E-state index in [1.54, 1.807) is 32.0 Å². The first kappa shape index (κ1) is 20.7. The molecule has 0 aliphatic heterocycles. The zero-order chi connectivity index (χ0) is 19.8. The Morgan fingerprint density at radius 3 is 2.67 bits per heavy atom. The molecule has 0 spiro atoms. The second kappa shape index (κ2) is 9.94. The fourth-order valence-electron chi connectivity index (χ4n) is 3.12. The van der Waals surface area contributed by atoms with E-state index in [4.69, 9.17) is 9.47 Å². The fourth-order valence-corrected chi connectivity index (χ4v) is 3.12.